The third-order valence-electron chi connectivity index (χ3n) is 4.72. The summed E-state index contributed by atoms with van der Waals surface area (Å²) < 4.78 is 5.67. The van der Waals surface area contributed by atoms with Gasteiger partial charge in [-0.25, -0.2) is 4.98 Å². The summed E-state index contributed by atoms with van der Waals surface area (Å²) in [4.78, 5) is 4.47. The van der Waals surface area contributed by atoms with Crippen molar-refractivity contribution in [2.75, 3.05) is 0 Å². The molecule has 1 aromatic heterocycles. The lowest BCUT2D eigenvalue weighted by Crippen LogP contribution is -2.28. The van der Waals surface area contributed by atoms with Crippen molar-refractivity contribution < 1.29 is 4.42 Å². The van der Waals surface area contributed by atoms with Crippen molar-refractivity contribution in [1.82, 2.24) is 10.3 Å². The Bertz CT molecular complexity index is 368. The van der Waals surface area contributed by atoms with Gasteiger partial charge in [-0.05, 0) is 26.7 Å². The molecule has 1 saturated carbocycles. The minimum atomic E-state index is 0.636. The Balaban J connectivity index is 1.77. The van der Waals surface area contributed by atoms with Crippen LogP contribution in [0.3, 0.4) is 0 Å². The molecular formula is C18H32N2O. The first kappa shape index (κ1) is 16.5. The van der Waals surface area contributed by atoms with Crippen molar-refractivity contribution in [2.45, 2.75) is 97.1 Å². The molecule has 0 bridgehead atoms. The molecular weight excluding hydrogens is 260 g/mol. The maximum Gasteiger partial charge on any atom is 0.208 e. The Morgan fingerprint density at radius 2 is 1.43 bits per heavy atom. The zero-order valence-electron chi connectivity index (χ0n) is 13.9. The van der Waals surface area contributed by atoms with Gasteiger partial charge in [0.1, 0.15) is 5.76 Å². The third kappa shape index (κ3) is 6.21. The van der Waals surface area contributed by atoms with Crippen LogP contribution in [0.15, 0.2) is 4.42 Å². The van der Waals surface area contributed by atoms with Crippen LogP contribution in [0, 0.1) is 13.8 Å². The summed E-state index contributed by atoms with van der Waals surface area (Å²) in [6.45, 7) is 4.78. The summed E-state index contributed by atoms with van der Waals surface area (Å²) in [7, 11) is 0. The monoisotopic (exact) mass is 292 g/mol. The Morgan fingerprint density at radius 1 is 0.905 bits per heavy atom. The van der Waals surface area contributed by atoms with Crippen LogP contribution in [0.4, 0.5) is 0 Å². The number of aromatic nitrogens is 1. The van der Waals surface area contributed by atoms with Crippen LogP contribution >= 0.6 is 0 Å². The van der Waals surface area contributed by atoms with Gasteiger partial charge < -0.3 is 9.73 Å². The van der Waals surface area contributed by atoms with Gasteiger partial charge in [-0.1, -0.05) is 57.8 Å². The Morgan fingerprint density at radius 3 is 1.90 bits per heavy atom. The predicted molar refractivity (Wildman–Crippen MR) is 87.4 cm³/mol. The second-order valence-electron chi connectivity index (χ2n) is 6.59. The minimum absolute atomic E-state index is 0.636. The average molecular weight is 292 g/mol. The molecule has 1 aliphatic carbocycles. The smallest absolute Gasteiger partial charge is 0.208 e. The molecule has 120 valence electrons. The van der Waals surface area contributed by atoms with Crippen LogP contribution in [0.5, 0.6) is 0 Å². The quantitative estimate of drug-likeness (QED) is 0.846. The standard InChI is InChI=1S/C18H32N2O/c1-15-16(2)21-18(20-15)14-19-17-12-10-8-6-4-3-5-7-9-11-13-17/h17,19H,3-14H2,1-2H3. The van der Waals surface area contributed by atoms with E-state index in [1.165, 1.54) is 70.6 Å². The summed E-state index contributed by atoms with van der Waals surface area (Å²) in [5, 5.41) is 3.67. The Labute approximate surface area is 129 Å². The van der Waals surface area contributed by atoms with Gasteiger partial charge in [0.25, 0.3) is 0 Å². The van der Waals surface area contributed by atoms with Crippen LogP contribution in [0.25, 0.3) is 0 Å². The third-order valence-corrected chi connectivity index (χ3v) is 4.72. The molecule has 0 amide bonds. The molecule has 0 spiro atoms. The first-order valence-corrected chi connectivity index (χ1v) is 8.92. The maximum absolute atomic E-state index is 5.67. The second kappa shape index (κ2) is 9.24. The maximum atomic E-state index is 5.67. The summed E-state index contributed by atoms with van der Waals surface area (Å²) in [6, 6.07) is 0.636. The normalized spacial score (nSPS) is 19.9. The van der Waals surface area contributed by atoms with Crippen LogP contribution < -0.4 is 5.32 Å². The van der Waals surface area contributed by atoms with E-state index in [2.05, 4.69) is 10.3 Å². The SMILES string of the molecule is Cc1nc(CNC2CCCCCCCCCCC2)oc1C. The van der Waals surface area contributed by atoms with Crippen molar-refractivity contribution >= 4 is 0 Å². The van der Waals surface area contributed by atoms with Crippen LogP contribution in [-0.2, 0) is 6.54 Å². The topological polar surface area (TPSA) is 38.1 Å². The van der Waals surface area contributed by atoms with E-state index in [4.69, 9.17) is 4.42 Å². The van der Waals surface area contributed by atoms with Gasteiger partial charge in [-0.15, -0.1) is 0 Å². The fourth-order valence-corrected chi connectivity index (χ4v) is 3.21. The van der Waals surface area contributed by atoms with Gasteiger partial charge in [0.05, 0.1) is 12.2 Å². The highest BCUT2D eigenvalue weighted by Crippen LogP contribution is 2.17. The van der Waals surface area contributed by atoms with Gasteiger partial charge in [0, 0.05) is 6.04 Å². The summed E-state index contributed by atoms with van der Waals surface area (Å²) >= 11 is 0. The van der Waals surface area contributed by atoms with Crippen molar-refractivity contribution in [2.24, 2.45) is 0 Å². The highest BCUT2D eigenvalue weighted by Gasteiger charge is 2.11. The number of nitrogens with zero attached hydrogens (tertiary/aromatic N) is 1. The molecule has 1 N–H and O–H groups in total. The van der Waals surface area contributed by atoms with E-state index >= 15 is 0 Å². The molecule has 21 heavy (non-hydrogen) atoms. The van der Waals surface area contributed by atoms with Gasteiger partial charge >= 0.3 is 0 Å². The molecule has 0 aromatic carbocycles. The number of oxazole rings is 1. The first-order chi connectivity index (χ1) is 10.3. The van der Waals surface area contributed by atoms with E-state index < -0.39 is 0 Å². The molecule has 1 aromatic rings. The molecule has 2 rings (SSSR count). The number of rotatable bonds is 3. The van der Waals surface area contributed by atoms with Gasteiger partial charge in [0.15, 0.2) is 0 Å². The number of nitrogens with one attached hydrogen (secondary N) is 1. The molecule has 1 aliphatic rings. The van der Waals surface area contributed by atoms with E-state index in [0.717, 1.165) is 23.9 Å². The molecule has 0 saturated heterocycles. The van der Waals surface area contributed by atoms with Gasteiger partial charge in [0.2, 0.25) is 5.89 Å². The van der Waals surface area contributed by atoms with E-state index in [9.17, 15) is 0 Å². The Hall–Kier alpha value is -0.830. The highest BCUT2D eigenvalue weighted by molar-refractivity contribution is 5.05. The molecule has 1 fully saturated rings. The number of hydrogen-bond donors (Lipinski definition) is 1. The lowest BCUT2D eigenvalue weighted by atomic mass is 9.98. The van der Waals surface area contributed by atoms with Crippen molar-refractivity contribution in [3.05, 3.63) is 17.3 Å². The van der Waals surface area contributed by atoms with Crippen molar-refractivity contribution in [1.29, 1.82) is 0 Å². The largest absolute Gasteiger partial charge is 0.444 e. The lowest BCUT2D eigenvalue weighted by Gasteiger charge is -2.18. The van der Waals surface area contributed by atoms with Gasteiger partial charge in [-0.2, -0.15) is 0 Å². The molecule has 3 nitrogen and oxygen atoms in total. The van der Waals surface area contributed by atoms with Crippen molar-refractivity contribution in [3.8, 4) is 0 Å². The first-order valence-electron chi connectivity index (χ1n) is 8.92. The zero-order chi connectivity index (χ0) is 14.9. The molecule has 1 heterocycles. The summed E-state index contributed by atoms with van der Waals surface area (Å²) in [6.07, 6.45) is 15.3. The average Bonchev–Trinajstić information content (AvgIpc) is 2.77. The zero-order valence-corrected chi connectivity index (χ0v) is 13.9. The highest BCUT2D eigenvalue weighted by atomic mass is 16.4. The van der Waals surface area contributed by atoms with E-state index in [0.29, 0.717) is 6.04 Å². The molecule has 0 atom stereocenters. The minimum Gasteiger partial charge on any atom is -0.444 e. The number of aryl methyl sites for hydroxylation is 2. The predicted octanol–water partition coefficient (Wildman–Crippen LogP) is 5.05. The van der Waals surface area contributed by atoms with E-state index in [1.807, 2.05) is 13.8 Å². The Kier molecular flexibility index (Phi) is 7.28. The fraction of sp³-hybridized carbons (Fsp3) is 0.833. The van der Waals surface area contributed by atoms with E-state index in [-0.39, 0.29) is 0 Å². The molecule has 0 radical (unpaired) electrons. The molecule has 0 aliphatic heterocycles. The van der Waals surface area contributed by atoms with E-state index in [1.54, 1.807) is 0 Å². The summed E-state index contributed by atoms with van der Waals surface area (Å²) in [5.74, 6) is 1.79. The number of hydrogen-bond acceptors (Lipinski definition) is 3. The van der Waals surface area contributed by atoms with Crippen LogP contribution in [0.2, 0.25) is 0 Å². The molecule has 0 unspecified atom stereocenters. The molecule has 3 heteroatoms. The second-order valence-corrected chi connectivity index (χ2v) is 6.59. The lowest BCUT2D eigenvalue weighted by molar-refractivity contribution is 0.374. The van der Waals surface area contributed by atoms with Crippen LogP contribution in [-0.4, -0.2) is 11.0 Å². The summed E-state index contributed by atoms with van der Waals surface area (Å²) in [5.41, 5.74) is 1.02. The van der Waals surface area contributed by atoms with Gasteiger partial charge in [-0.3, -0.25) is 0 Å². The van der Waals surface area contributed by atoms with Crippen molar-refractivity contribution in [3.63, 3.8) is 0 Å². The fourth-order valence-electron chi connectivity index (χ4n) is 3.21. The van der Waals surface area contributed by atoms with Crippen LogP contribution in [0.1, 0.15) is 88.0 Å².